The number of aryl methyl sites for hydroxylation is 1. The lowest BCUT2D eigenvalue weighted by atomic mass is 9.88. The van der Waals surface area contributed by atoms with Crippen molar-refractivity contribution in [2.24, 2.45) is 18.0 Å². The summed E-state index contributed by atoms with van der Waals surface area (Å²) in [6.07, 6.45) is 2.63. The summed E-state index contributed by atoms with van der Waals surface area (Å²) >= 11 is 3.72. The number of rotatable bonds is 7. The van der Waals surface area contributed by atoms with Gasteiger partial charge in [-0.3, -0.25) is 19.7 Å². The van der Waals surface area contributed by atoms with Gasteiger partial charge in [-0.25, -0.2) is 4.79 Å². The van der Waals surface area contributed by atoms with Crippen LogP contribution in [0.3, 0.4) is 0 Å². The van der Waals surface area contributed by atoms with E-state index < -0.39 is 16.8 Å². The molecule has 1 aliphatic rings. The van der Waals surface area contributed by atoms with E-state index in [0.717, 1.165) is 47.0 Å². The summed E-state index contributed by atoms with van der Waals surface area (Å²) in [5.74, 6) is -0.658. The van der Waals surface area contributed by atoms with E-state index in [-0.39, 0.29) is 23.1 Å². The molecule has 3 aromatic rings. The minimum atomic E-state index is -0.469. The number of fused-ring (bicyclic) bond motifs is 2. The molecule has 1 unspecified atom stereocenters. The maximum Gasteiger partial charge on any atom is 0.341 e. The molecule has 0 saturated heterocycles. The smallest absolute Gasteiger partial charge is 0.341 e. The number of nitro groups is 1. The number of benzene rings is 1. The molecule has 36 heavy (non-hydrogen) atoms. The molecular weight excluding hydrogens is 524 g/mol. The lowest BCUT2D eigenvalue weighted by molar-refractivity contribution is -0.384. The average molecular weight is 549 g/mol. The molecule has 2 amide bonds. The number of hydrogen-bond donors (Lipinski definition) is 1. The highest BCUT2D eigenvalue weighted by atomic mass is 32.2. The minimum Gasteiger partial charge on any atom is -0.465 e. The van der Waals surface area contributed by atoms with E-state index in [9.17, 15) is 24.5 Å². The van der Waals surface area contributed by atoms with Crippen molar-refractivity contribution < 1.29 is 24.0 Å². The van der Waals surface area contributed by atoms with Gasteiger partial charge in [0, 0.05) is 24.1 Å². The van der Waals surface area contributed by atoms with Crippen molar-refractivity contribution in [3.8, 4) is 0 Å². The molecule has 0 fully saturated rings. The Morgan fingerprint density at radius 2 is 2.08 bits per heavy atom. The molecule has 0 bridgehead atoms. The average Bonchev–Trinajstić information content (AvgIpc) is 3.34. The number of nitrogens with one attached hydrogen (secondary N) is 1. The molecule has 0 saturated carbocycles. The van der Waals surface area contributed by atoms with Gasteiger partial charge >= 0.3 is 5.97 Å². The number of hydrogen-bond acceptors (Lipinski definition) is 9. The van der Waals surface area contributed by atoms with Gasteiger partial charge in [0.2, 0.25) is 5.91 Å². The third kappa shape index (κ3) is 5.52. The van der Waals surface area contributed by atoms with E-state index in [4.69, 9.17) is 4.74 Å². The summed E-state index contributed by atoms with van der Waals surface area (Å²) in [4.78, 5) is 53.5. The predicted octanol–water partition coefficient (Wildman–Crippen LogP) is 3.92. The van der Waals surface area contributed by atoms with Gasteiger partial charge in [-0.15, -0.1) is 23.1 Å². The molecule has 4 rings (SSSR count). The molecular formula is C23H24N4O6S3. The van der Waals surface area contributed by atoms with Crippen molar-refractivity contribution in [1.82, 2.24) is 4.57 Å². The Morgan fingerprint density at radius 1 is 1.31 bits per heavy atom. The van der Waals surface area contributed by atoms with Crippen molar-refractivity contribution in [2.75, 3.05) is 23.9 Å². The number of ether oxygens (including phenoxy) is 1. The first-order valence-electron chi connectivity index (χ1n) is 11.1. The van der Waals surface area contributed by atoms with Gasteiger partial charge in [0.05, 0.1) is 39.3 Å². The van der Waals surface area contributed by atoms with Crippen LogP contribution in [-0.4, -0.2) is 45.9 Å². The second kappa shape index (κ2) is 10.9. The third-order valence-corrected chi connectivity index (χ3v) is 9.02. The van der Waals surface area contributed by atoms with Crippen molar-refractivity contribution in [3.05, 3.63) is 49.1 Å². The zero-order valence-electron chi connectivity index (χ0n) is 19.9. The first kappa shape index (κ1) is 26.0. The van der Waals surface area contributed by atoms with E-state index in [2.05, 4.69) is 17.2 Å². The molecule has 1 atom stereocenters. The number of carbonyl (C=O) groups excluding carboxylic acids is 3. The van der Waals surface area contributed by atoms with E-state index in [0.29, 0.717) is 26.0 Å². The zero-order chi connectivity index (χ0) is 26.0. The standard InChI is InChI=1S/C23H24N4O6S3/c1-12-4-6-14-16(8-12)35-21(20(14)22(30)33-3)24-18(28)10-34-11-19(29)25-23-26(2)15-7-5-13(27(31)32)9-17(15)36-23/h5,7,9,12H,4,6,8,10-11H2,1-3H3,(H,24,28). The lowest BCUT2D eigenvalue weighted by Crippen LogP contribution is -2.18. The number of carbonyl (C=O) groups is 3. The first-order valence-corrected chi connectivity index (χ1v) is 13.9. The van der Waals surface area contributed by atoms with Gasteiger partial charge in [0.15, 0.2) is 4.80 Å². The summed E-state index contributed by atoms with van der Waals surface area (Å²) in [6, 6.07) is 4.48. The first-order chi connectivity index (χ1) is 17.2. The largest absolute Gasteiger partial charge is 0.465 e. The SMILES string of the molecule is COC(=O)c1c(NC(=O)CSCC(=O)N=c2sc3cc([N+](=O)[O-])ccc3n2C)sc2c1CCC(C)C2. The summed E-state index contributed by atoms with van der Waals surface area (Å²) in [5.41, 5.74) is 2.11. The Balaban J connectivity index is 1.39. The Bertz CT molecular complexity index is 1440. The van der Waals surface area contributed by atoms with Crippen LogP contribution in [0, 0.1) is 16.0 Å². The molecule has 0 spiro atoms. The monoisotopic (exact) mass is 548 g/mol. The van der Waals surface area contributed by atoms with Crippen LogP contribution < -0.4 is 10.1 Å². The van der Waals surface area contributed by atoms with Crippen molar-refractivity contribution in [3.63, 3.8) is 0 Å². The molecule has 0 aliphatic heterocycles. The van der Waals surface area contributed by atoms with Crippen LogP contribution in [0.4, 0.5) is 10.7 Å². The van der Waals surface area contributed by atoms with E-state index in [1.807, 2.05) is 0 Å². The predicted molar refractivity (Wildman–Crippen MR) is 141 cm³/mol. The number of nitrogens with zero attached hydrogens (tertiary/aromatic N) is 3. The highest BCUT2D eigenvalue weighted by molar-refractivity contribution is 8.00. The number of thiophene rings is 1. The lowest BCUT2D eigenvalue weighted by Gasteiger charge is -2.18. The molecule has 2 aromatic heterocycles. The van der Waals surface area contributed by atoms with Crippen LogP contribution >= 0.6 is 34.4 Å². The zero-order valence-corrected chi connectivity index (χ0v) is 22.3. The topological polar surface area (TPSA) is 133 Å². The number of thiazole rings is 1. The number of nitro benzene ring substituents is 1. The fourth-order valence-corrected chi connectivity index (χ4v) is 7.11. The molecule has 2 heterocycles. The Labute approximate surface area is 218 Å². The highest BCUT2D eigenvalue weighted by Gasteiger charge is 2.28. The highest BCUT2D eigenvalue weighted by Crippen LogP contribution is 2.40. The molecule has 0 radical (unpaired) electrons. The number of amides is 2. The van der Waals surface area contributed by atoms with Crippen molar-refractivity contribution in [2.45, 2.75) is 26.2 Å². The Morgan fingerprint density at radius 3 is 2.81 bits per heavy atom. The third-order valence-electron chi connectivity index (χ3n) is 5.84. The van der Waals surface area contributed by atoms with Gasteiger partial charge in [0.1, 0.15) is 5.00 Å². The molecule has 190 valence electrons. The second-order valence-electron chi connectivity index (χ2n) is 8.45. The fourth-order valence-electron chi connectivity index (χ4n) is 4.03. The minimum absolute atomic E-state index is 0.00979. The Kier molecular flexibility index (Phi) is 7.91. The number of esters is 1. The quantitative estimate of drug-likeness (QED) is 0.269. The van der Waals surface area contributed by atoms with Crippen molar-refractivity contribution in [1.29, 1.82) is 0 Å². The van der Waals surface area contributed by atoms with Crippen LogP contribution in [0.2, 0.25) is 0 Å². The summed E-state index contributed by atoms with van der Waals surface area (Å²) in [6.45, 7) is 2.17. The number of anilines is 1. The van der Waals surface area contributed by atoms with Crippen LogP contribution in [0.25, 0.3) is 10.2 Å². The molecule has 1 aromatic carbocycles. The molecule has 10 nitrogen and oxygen atoms in total. The number of non-ortho nitro benzene ring substituents is 1. The Hall–Kier alpha value is -3.03. The van der Waals surface area contributed by atoms with Crippen LogP contribution in [0.15, 0.2) is 23.2 Å². The normalized spacial score (nSPS) is 15.5. The van der Waals surface area contributed by atoms with Crippen LogP contribution in [-0.2, 0) is 34.2 Å². The van der Waals surface area contributed by atoms with Crippen LogP contribution in [0.1, 0.15) is 34.1 Å². The summed E-state index contributed by atoms with van der Waals surface area (Å²) < 4.78 is 7.30. The summed E-state index contributed by atoms with van der Waals surface area (Å²) in [5, 5.41) is 14.3. The molecule has 1 aliphatic carbocycles. The number of thioether (sulfide) groups is 1. The van der Waals surface area contributed by atoms with Crippen molar-refractivity contribution >= 4 is 73.1 Å². The maximum absolute atomic E-state index is 12.6. The molecule has 13 heteroatoms. The van der Waals surface area contributed by atoms with Gasteiger partial charge in [-0.1, -0.05) is 18.3 Å². The van der Waals surface area contributed by atoms with E-state index >= 15 is 0 Å². The van der Waals surface area contributed by atoms with Gasteiger partial charge in [0.25, 0.3) is 11.6 Å². The number of aromatic nitrogens is 1. The van der Waals surface area contributed by atoms with Gasteiger partial charge in [-0.05, 0) is 36.8 Å². The van der Waals surface area contributed by atoms with E-state index in [1.54, 1.807) is 17.7 Å². The fraction of sp³-hybridized carbons (Fsp3) is 0.391. The second-order valence-corrected chi connectivity index (χ2v) is 11.5. The molecule has 1 N–H and O–H groups in total. The number of methoxy groups -OCH3 is 1. The van der Waals surface area contributed by atoms with Gasteiger partial charge in [-0.2, -0.15) is 4.99 Å². The van der Waals surface area contributed by atoms with E-state index in [1.165, 1.54) is 41.9 Å². The van der Waals surface area contributed by atoms with Gasteiger partial charge < -0.3 is 14.6 Å². The maximum atomic E-state index is 12.6. The summed E-state index contributed by atoms with van der Waals surface area (Å²) in [7, 11) is 3.06. The van der Waals surface area contributed by atoms with Crippen LogP contribution in [0.5, 0.6) is 0 Å².